The van der Waals surface area contributed by atoms with Gasteiger partial charge in [-0.1, -0.05) is 18.2 Å². The Balaban J connectivity index is 2.01. The first-order chi connectivity index (χ1) is 10.5. The van der Waals surface area contributed by atoms with E-state index >= 15 is 0 Å². The lowest BCUT2D eigenvalue weighted by Gasteiger charge is -2.25. The fourth-order valence-corrected chi connectivity index (χ4v) is 2.35. The summed E-state index contributed by atoms with van der Waals surface area (Å²) in [7, 11) is 1.56. The molecule has 1 unspecified atom stereocenters. The first kappa shape index (κ1) is 15.6. The number of aliphatic imine (C=N–C) groups is 1. The van der Waals surface area contributed by atoms with Gasteiger partial charge < -0.3 is 27.4 Å². The van der Waals surface area contributed by atoms with Crippen molar-refractivity contribution in [3.05, 3.63) is 29.8 Å². The van der Waals surface area contributed by atoms with Gasteiger partial charge in [-0.25, -0.2) is 0 Å². The fourth-order valence-electron chi connectivity index (χ4n) is 2.35. The molecule has 1 aliphatic heterocycles. The van der Waals surface area contributed by atoms with Crippen molar-refractivity contribution >= 4 is 23.5 Å². The number of rotatable bonds is 5. The van der Waals surface area contributed by atoms with Crippen LogP contribution in [0.2, 0.25) is 0 Å². The number of hydrogen-bond donors (Lipinski definition) is 5. The van der Waals surface area contributed by atoms with Crippen molar-refractivity contribution in [2.75, 3.05) is 25.5 Å². The van der Waals surface area contributed by atoms with Crippen LogP contribution < -0.4 is 27.4 Å². The van der Waals surface area contributed by atoms with Crippen LogP contribution >= 0.6 is 0 Å². The number of hydrogen-bond acceptors (Lipinski definition) is 4. The molecule has 1 aliphatic rings. The first-order valence-corrected chi connectivity index (χ1v) is 6.90. The molecule has 22 heavy (non-hydrogen) atoms. The summed E-state index contributed by atoms with van der Waals surface area (Å²) < 4.78 is 0. The van der Waals surface area contributed by atoms with Gasteiger partial charge in [-0.05, 0) is 11.6 Å². The zero-order valence-electron chi connectivity index (χ0n) is 12.3. The van der Waals surface area contributed by atoms with E-state index in [0.29, 0.717) is 13.1 Å². The van der Waals surface area contributed by atoms with Gasteiger partial charge in [0.25, 0.3) is 11.8 Å². The lowest BCUT2D eigenvalue weighted by atomic mass is 9.93. The number of guanidine groups is 1. The quantitative estimate of drug-likeness (QED) is 0.196. The van der Waals surface area contributed by atoms with E-state index in [1.54, 1.807) is 7.05 Å². The Morgan fingerprint density at radius 2 is 1.95 bits per heavy atom. The molecule has 0 saturated carbocycles. The van der Waals surface area contributed by atoms with Crippen LogP contribution in [0.25, 0.3) is 0 Å². The second-order valence-corrected chi connectivity index (χ2v) is 5.02. The normalized spacial score (nSPS) is 20.0. The molecule has 8 heteroatoms. The Morgan fingerprint density at radius 1 is 1.27 bits per heavy atom. The van der Waals surface area contributed by atoms with Crippen molar-refractivity contribution < 1.29 is 9.59 Å². The highest BCUT2D eigenvalue weighted by molar-refractivity contribution is 6.13. The zero-order valence-corrected chi connectivity index (χ0v) is 12.3. The molecule has 118 valence electrons. The molecule has 1 aromatic rings. The van der Waals surface area contributed by atoms with Crippen LogP contribution in [-0.2, 0) is 16.0 Å². The molecule has 0 aromatic heterocycles. The Morgan fingerprint density at radius 3 is 2.59 bits per heavy atom. The maximum absolute atomic E-state index is 12.4. The van der Waals surface area contributed by atoms with Gasteiger partial charge >= 0.3 is 0 Å². The highest BCUT2D eigenvalue weighted by atomic mass is 16.2. The van der Waals surface area contributed by atoms with Gasteiger partial charge in [0.1, 0.15) is 0 Å². The summed E-state index contributed by atoms with van der Waals surface area (Å²) in [5, 5.41) is 8.45. The molecule has 0 fully saturated rings. The second kappa shape index (κ2) is 6.33. The zero-order chi connectivity index (χ0) is 16.2. The van der Waals surface area contributed by atoms with Crippen LogP contribution in [0.1, 0.15) is 5.56 Å². The Hall–Kier alpha value is -2.77. The topological polar surface area (TPSA) is 135 Å². The third-order valence-corrected chi connectivity index (χ3v) is 3.59. The molecule has 8 nitrogen and oxygen atoms in total. The van der Waals surface area contributed by atoms with E-state index in [-0.39, 0.29) is 12.4 Å². The van der Waals surface area contributed by atoms with Gasteiger partial charge in [-0.2, -0.15) is 0 Å². The van der Waals surface area contributed by atoms with Crippen LogP contribution in [0.4, 0.5) is 5.69 Å². The number of benzene rings is 1. The lowest BCUT2D eigenvalue weighted by molar-refractivity contribution is -0.133. The summed E-state index contributed by atoms with van der Waals surface area (Å²) in [4.78, 5) is 28.0. The summed E-state index contributed by atoms with van der Waals surface area (Å²) in [6, 6.07) is 7.36. The molecule has 0 aliphatic carbocycles. The molecule has 1 atom stereocenters. The molecule has 0 bridgehead atoms. The number of carbonyl (C=O) groups excluding carboxylic acids is 2. The highest BCUT2D eigenvalue weighted by Gasteiger charge is 2.48. The summed E-state index contributed by atoms with van der Waals surface area (Å²) in [6.45, 7) is 0.693. The van der Waals surface area contributed by atoms with Crippen molar-refractivity contribution in [1.82, 2.24) is 10.6 Å². The SMILES string of the molecule is CN=C(N)NCCNC(=O)C1(C(N)=O)Cc2ccccc2N1. The van der Waals surface area contributed by atoms with Gasteiger partial charge in [0.05, 0.1) is 0 Å². The second-order valence-electron chi connectivity index (χ2n) is 5.02. The number of anilines is 1. The smallest absolute Gasteiger partial charge is 0.255 e. The van der Waals surface area contributed by atoms with Crippen LogP contribution in [0.3, 0.4) is 0 Å². The van der Waals surface area contributed by atoms with Crippen molar-refractivity contribution in [2.24, 2.45) is 16.5 Å². The van der Waals surface area contributed by atoms with Crippen LogP contribution in [0, 0.1) is 0 Å². The van der Waals surface area contributed by atoms with E-state index in [2.05, 4.69) is 20.9 Å². The molecular weight excluding hydrogens is 284 g/mol. The largest absolute Gasteiger partial charge is 0.370 e. The summed E-state index contributed by atoms with van der Waals surface area (Å²) >= 11 is 0. The van der Waals surface area contributed by atoms with Crippen molar-refractivity contribution in [2.45, 2.75) is 12.0 Å². The highest BCUT2D eigenvalue weighted by Crippen LogP contribution is 2.32. The fraction of sp³-hybridized carbons (Fsp3) is 0.357. The number of fused-ring (bicyclic) bond motifs is 1. The van der Waals surface area contributed by atoms with Gasteiger partial charge in [-0.15, -0.1) is 0 Å². The van der Waals surface area contributed by atoms with E-state index in [9.17, 15) is 9.59 Å². The van der Waals surface area contributed by atoms with Gasteiger partial charge in [0.15, 0.2) is 11.5 Å². The Labute approximate surface area is 128 Å². The number of para-hydroxylation sites is 1. The van der Waals surface area contributed by atoms with Gasteiger partial charge in [-0.3, -0.25) is 14.6 Å². The molecule has 2 amide bonds. The minimum absolute atomic E-state index is 0.232. The Kier molecular flexibility index (Phi) is 4.50. The third kappa shape index (κ3) is 2.95. The van der Waals surface area contributed by atoms with E-state index in [0.717, 1.165) is 11.3 Å². The Bertz CT molecular complexity index is 588. The molecular formula is C14H20N6O2. The summed E-state index contributed by atoms with van der Waals surface area (Å²) in [5.74, 6) is -0.876. The minimum Gasteiger partial charge on any atom is -0.370 e. The van der Waals surface area contributed by atoms with Crippen LogP contribution in [0.15, 0.2) is 29.3 Å². The monoisotopic (exact) mass is 304 g/mol. The number of amides is 2. The maximum Gasteiger partial charge on any atom is 0.255 e. The minimum atomic E-state index is -1.45. The van der Waals surface area contributed by atoms with Crippen molar-refractivity contribution in [3.63, 3.8) is 0 Å². The molecule has 1 aromatic carbocycles. The summed E-state index contributed by atoms with van der Waals surface area (Å²) in [5.41, 5.74) is 11.1. The van der Waals surface area contributed by atoms with Crippen molar-refractivity contribution in [1.29, 1.82) is 0 Å². The van der Waals surface area contributed by atoms with E-state index in [4.69, 9.17) is 11.5 Å². The number of nitrogens with zero attached hydrogens (tertiary/aromatic N) is 1. The lowest BCUT2D eigenvalue weighted by Crippen LogP contribution is -2.60. The molecule has 0 radical (unpaired) electrons. The van der Waals surface area contributed by atoms with E-state index in [1.807, 2.05) is 24.3 Å². The molecule has 7 N–H and O–H groups in total. The summed E-state index contributed by atoms with van der Waals surface area (Å²) in [6.07, 6.45) is 0.232. The van der Waals surface area contributed by atoms with Crippen LogP contribution in [-0.4, -0.2) is 43.5 Å². The van der Waals surface area contributed by atoms with Crippen LogP contribution in [0.5, 0.6) is 0 Å². The molecule has 0 spiro atoms. The average Bonchev–Trinajstić information content (AvgIpc) is 2.91. The maximum atomic E-state index is 12.4. The number of primary amides is 1. The van der Waals surface area contributed by atoms with Crippen molar-refractivity contribution in [3.8, 4) is 0 Å². The number of carbonyl (C=O) groups is 2. The number of nitrogens with two attached hydrogens (primary N) is 2. The van der Waals surface area contributed by atoms with E-state index < -0.39 is 17.4 Å². The van der Waals surface area contributed by atoms with Gasteiger partial charge in [0.2, 0.25) is 0 Å². The standard InChI is InChI=1S/C14H20N6O2/c1-17-13(16)19-7-6-18-12(22)14(11(15)21)8-9-4-2-3-5-10(9)20-14/h2-5,20H,6-8H2,1H3,(H2,15,21)(H,18,22)(H3,16,17,19). The first-order valence-electron chi connectivity index (χ1n) is 6.90. The van der Waals surface area contributed by atoms with E-state index in [1.165, 1.54) is 0 Å². The predicted molar refractivity (Wildman–Crippen MR) is 84.3 cm³/mol. The molecule has 1 heterocycles. The molecule has 2 rings (SSSR count). The number of nitrogens with one attached hydrogen (secondary N) is 3. The third-order valence-electron chi connectivity index (χ3n) is 3.59. The predicted octanol–water partition coefficient (Wildman–Crippen LogP) is -1.47. The average molecular weight is 304 g/mol. The molecule has 0 saturated heterocycles. The van der Waals surface area contributed by atoms with Gasteiger partial charge in [0, 0.05) is 32.2 Å².